The molecule has 1 fully saturated rings. The lowest BCUT2D eigenvalue weighted by Gasteiger charge is -2.18. The van der Waals surface area contributed by atoms with Crippen LogP contribution >= 0.6 is 0 Å². The zero-order valence-corrected chi connectivity index (χ0v) is 11.3. The normalized spacial score (nSPS) is 21.2. The third kappa shape index (κ3) is 2.84. The molecule has 2 atom stereocenters. The highest BCUT2D eigenvalue weighted by atomic mass is 16.5. The van der Waals surface area contributed by atoms with E-state index in [4.69, 9.17) is 15.2 Å². The molecule has 0 aliphatic carbocycles. The van der Waals surface area contributed by atoms with Crippen molar-refractivity contribution in [2.75, 3.05) is 20.3 Å². The molecule has 18 heavy (non-hydrogen) atoms. The van der Waals surface area contributed by atoms with E-state index in [9.17, 15) is 0 Å². The Labute approximate surface area is 108 Å². The van der Waals surface area contributed by atoms with Crippen LogP contribution < -0.4 is 10.5 Å². The Morgan fingerprint density at radius 3 is 3.11 bits per heavy atom. The van der Waals surface area contributed by atoms with Crippen molar-refractivity contribution in [1.29, 1.82) is 0 Å². The van der Waals surface area contributed by atoms with Crippen LogP contribution in [0.25, 0.3) is 0 Å². The Kier molecular flexibility index (Phi) is 4.60. The van der Waals surface area contributed by atoms with E-state index in [2.05, 4.69) is 12.0 Å². The zero-order chi connectivity index (χ0) is 13.0. The maximum Gasteiger partial charge on any atom is 0.161 e. The highest BCUT2D eigenvalue weighted by molar-refractivity contribution is 5.28. The van der Waals surface area contributed by atoms with Gasteiger partial charge >= 0.3 is 0 Å². The summed E-state index contributed by atoms with van der Waals surface area (Å²) in [5, 5.41) is 4.35. The minimum absolute atomic E-state index is 0.0271. The van der Waals surface area contributed by atoms with Crippen LogP contribution in [-0.2, 0) is 11.3 Å². The molecule has 0 radical (unpaired) electrons. The van der Waals surface area contributed by atoms with Crippen molar-refractivity contribution in [3.05, 3.63) is 11.9 Å². The van der Waals surface area contributed by atoms with E-state index in [-0.39, 0.29) is 6.04 Å². The predicted molar refractivity (Wildman–Crippen MR) is 69.5 cm³/mol. The second kappa shape index (κ2) is 6.20. The fraction of sp³-hybridized carbons (Fsp3) is 0.769. The monoisotopic (exact) mass is 253 g/mol. The molecule has 1 aromatic heterocycles. The van der Waals surface area contributed by atoms with Gasteiger partial charge in [0.2, 0.25) is 0 Å². The van der Waals surface area contributed by atoms with Crippen LogP contribution in [0.3, 0.4) is 0 Å². The van der Waals surface area contributed by atoms with E-state index in [1.165, 1.54) is 0 Å². The molecule has 102 valence electrons. The number of rotatable bonds is 6. The number of hydrogen-bond acceptors (Lipinski definition) is 4. The van der Waals surface area contributed by atoms with Gasteiger partial charge in [-0.1, -0.05) is 6.92 Å². The van der Waals surface area contributed by atoms with Gasteiger partial charge in [0.15, 0.2) is 5.75 Å². The summed E-state index contributed by atoms with van der Waals surface area (Å²) in [6.45, 7) is 4.71. The van der Waals surface area contributed by atoms with Crippen LogP contribution in [0.5, 0.6) is 5.75 Å². The summed E-state index contributed by atoms with van der Waals surface area (Å²) < 4.78 is 12.7. The summed E-state index contributed by atoms with van der Waals surface area (Å²) in [5.41, 5.74) is 7.35. The van der Waals surface area contributed by atoms with Crippen LogP contribution in [-0.4, -0.2) is 30.1 Å². The maximum atomic E-state index is 6.33. The largest absolute Gasteiger partial charge is 0.493 e. The van der Waals surface area contributed by atoms with E-state index in [0.29, 0.717) is 5.92 Å². The SMILES string of the molecule is CCCn1ncc(OC)c1C(N)CC1CCOC1. The fourth-order valence-corrected chi connectivity index (χ4v) is 2.54. The number of hydrogen-bond donors (Lipinski definition) is 1. The first-order valence-corrected chi connectivity index (χ1v) is 6.69. The molecule has 2 unspecified atom stereocenters. The highest BCUT2D eigenvalue weighted by Gasteiger charge is 2.24. The molecular weight excluding hydrogens is 230 g/mol. The van der Waals surface area contributed by atoms with Crippen molar-refractivity contribution in [3.63, 3.8) is 0 Å². The van der Waals surface area contributed by atoms with E-state index in [1.807, 2.05) is 4.68 Å². The minimum Gasteiger partial charge on any atom is -0.493 e. The summed E-state index contributed by atoms with van der Waals surface area (Å²) in [7, 11) is 1.67. The molecule has 5 nitrogen and oxygen atoms in total. The Morgan fingerprint density at radius 1 is 1.67 bits per heavy atom. The second-order valence-electron chi connectivity index (χ2n) is 4.89. The van der Waals surface area contributed by atoms with Crippen LogP contribution in [0.2, 0.25) is 0 Å². The van der Waals surface area contributed by atoms with Crippen molar-refractivity contribution in [3.8, 4) is 5.75 Å². The van der Waals surface area contributed by atoms with Crippen LogP contribution in [0.4, 0.5) is 0 Å². The second-order valence-corrected chi connectivity index (χ2v) is 4.89. The first kappa shape index (κ1) is 13.4. The number of ether oxygens (including phenoxy) is 2. The summed E-state index contributed by atoms with van der Waals surface area (Å²) >= 11 is 0. The van der Waals surface area contributed by atoms with Gasteiger partial charge in [-0.2, -0.15) is 5.10 Å². The van der Waals surface area contributed by atoms with Crippen LogP contribution in [0, 0.1) is 5.92 Å². The third-order valence-corrected chi connectivity index (χ3v) is 3.46. The van der Waals surface area contributed by atoms with Gasteiger partial charge < -0.3 is 15.2 Å². The molecular formula is C13H23N3O2. The first-order valence-electron chi connectivity index (χ1n) is 6.69. The van der Waals surface area contributed by atoms with E-state index < -0.39 is 0 Å². The van der Waals surface area contributed by atoms with Gasteiger partial charge in [0.25, 0.3) is 0 Å². The molecule has 0 amide bonds. The number of aryl methyl sites for hydroxylation is 1. The van der Waals surface area contributed by atoms with Gasteiger partial charge in [-0.3, -0.25) is 4.68 Å². The number of nitrogens with two attached hydrogens (primary N) is 1. The quantitative estimate of drug-likeness (QED) is 0.838. The van der Waals surface area contributed by atoms with Gasteiger partial charge in [-0.25, -0.2) is 0 Å². The van der Waals surface area contributed by atoms with Gasteiger partial charge in [-0.05, 0) is 25.2 Å². The molecule has 2 heterocycles. The van der Waals surface area contributed by atoms with Gasteiger partial charge in [0, 0.05) is 19.8 Å². The molecule has 2 N–H and O–H groups in total. The lowest BCUT2D eigenvalue weighted by atomic mass is 9.97. The van der Waals surface area contributed by atoms with Crippen molar-refractivity contribution in [2.45, 2.75) is 38.8 Å². The van der Waals surface area contributed by atoms with Gasteiger partial charge in [0.05, 0.1) is 25.0 Å². The predicted octanol–water partition coefficient (Wildman–Crippen LogP) is 1.73. The molecule has 5 heteroatoms. The number of nitrogens with zero attached hydrogens (tertiary/aromatic N) is 2. The molecule has 0 spiro atoms. The standard InChI is InChI=1S/C13H23N3O2/c1-3-5-16-13(12(17-2)8-15-16)11(14)7-10-4-6-18-9-10/h8,10-11H,3-7,9,14H2,1-2H3. The Bertz CT molecular complexity index is 372. The zero-order valence-electron chi connectivity index (χ0n) is 11.3. The molecule has 2 rings (SSSR count). The summed E-state index contributed by atoms with van der Waals surface area (Å²) in [4.78, 5) is 0. The Hall–Kier alpha value is -1.07. The Balaban J connectivity index is 2.10. The molecule has 1 aliphatic heterocycles. The Morgan fingerprint density at radius 2 is 2.50 bits per heavy atom. The lowest BCUT2D eigenvalue weighted by molar-refractivity contribution is 0.182. The summed E-state index contributed by atoms with van der Waals surface area (Å²) in [5.74, 6) is 1.37. The number of aromatic nitrogens is 2. The fourth-order valence-electron chi connectivity index (χ4n) is 2.54. The van der Waals surface area contributed by atoms with Crippen molar-refractivity contribution in [2.24, 2.45) is 11.7 Å². The molecule has 0 saturated carbocycles. The first-order chi connectivity index (χ1) is 8.76. The third-order valence-electron chi connectivity index (χ3n) is 3.46. The minimum atomic E-state index is -0.0271. The van der Waals surface area contributed by atoms with E-state index >= 15 is 0 Å². The van der Waals surface area contributed by atoms with Crippen molar-refractivity contribution in [1.82, 2.24) is 9.78 Å². The average Bonchev–Trinajstić information content (AvgIpc) is 2.98. The smallest absolute Gasteiger partial charge is 0.161 e. The van der Waals surface area contributed by atoms with Crippen LogP contribution in [0.1, 0.15) is 37.9 Å². The lowest BCUT2D eigenvalue weighted by Crippen LogP contribution is -2.20. The molecule has 0 bridgehead atoms. The molecule has 1 aromatic rings. The van der Waals surface area contributed by atoms with Crippen molar-refractivity contribution >= 4 is 0 Å². The van der Waals surface area contributed by atoms with E-state index in [0.717, 1.165) is 50.5 Å². The van der Waals surface area contributed by atoms with E-state index in [1.54, 1.807) is 13.3 Å². The van der Waals surface area contributed by atoms with Crippen LogP contribution in [0.15, 0.2) is 6.20 Å². The number of methoxy groups -OCH3 is 1. The molecule has 0 aromatic carbocycles. The van der Waals surface area contributed by atoms with Crippen molar-refractivity contribution < 1.29 is 9.47 Å². The van der Waals surface area contributed by atoms with Gasteiger partial charge in [-0.15, -0.1) is 0 Å². The molecule has 1 saturated heterocycles. The molecule has 1 aliphatic rings. The van der Waals surface area contributed by atoms with Gasteiger partial charge in [0.1, 0.15) is 0 Å². The average molecular weight is 253 g/mol. The summed E-state index contributed by atoms with van der Waals surface area (Å²) in [6.07, 6.45) is 4.84. The maximum absolute atomic E-state index is 6.33. The topological polar surface area (TPSA) is 62.3 Å². The summed E-state index contributed by atoms with van der Waals surface area (Å²) in [6, 6.07) is -0.0271. The highest BCUT2D eigenvalue weighted by Crippen LogP contribution is 2.30.